The molecule has 0 N–H and O–H groups in total. The van der Waals surface area contributed by atoms with Crippen LogP contribution in [-0.2, 0) is 4.79 Å². The van der Waals surface area contributed by atoms with E-state index in [4.69, 9.17) is 5.26 Å². The zero-order valence-electron chi connectivity index (χ0n) is 12.9. The average molecular weight is 287 g/mol. The van der Waals surface area contributed by atoms with Gasteiger partial charge in [-0.2, -0.15) is 5.26 Å². The minimum atomic E-state index is 0.0263. The molecule has 4 rings (SSSR count). The lowest BCUT2D eigenvalue weighted by molar-refractivity contribution is -0.135. The lowest BCUT2D eigenvalue weighted by atomic mass is 10.0. The van der Waals surface area contributed by atoms with Gasteiger partial charge in [0.1, 0.15) is 0 Å². The highest BCUT2D eigenvalue weighted by Crippen LogP contribution is 2.69. The molecular weight excluding hydrogens is 262 g/mol. The van der Waals surface area contributed by atoms with Gasteiger partial charge in [0, 0.05) is 32.1 Å². The number of rotatable bonds is 3. The van der Waals surface area contributed by atoms with Gasteiger partial charge < -0.3 is 4.90 Å². The van der Waals surface area contributed by atoms with Crippen LogP contribution < -0.4 is 0 Å². The minimum Gasteiger partial charge on any atom is -0.340 e. The van der Waals surface area contributed by atoms with E-state index in [-0.39, 0.29) is 6.04 Å². The molecule has 1 amide bonds. The Morgan fingerprint density at radius 2 is 1.81 bits per heavy atom. The van der Waals surface area contributed by atoms with E-state index in [9.17, 15) is 4.79 Å². The van der Waals surface area contributed by atoms with E-state index in [0.29, 0.717) is 11.8 Å². The molecule has 0 spiro atoms. The molecule has 0 aromatic carbocycles. The van der Waals surface area contributed by atoms with E-state index >= 15 is 0 Å². The van der Waals surface area contributed by atoms with Gasteiger partial charge in [0.2, 0.25) is 5.91 Å². The third-order valence-electron chi connectivity index (χ3n) is 6.62. The fourth-order valence-corrected chi connectivity index (χ4v) is 5.55. The third-order valence-corrected chi connectivity index (χ3v) is 6.62. The number of carbonyl (C=O) groups is 1. The SMILES string of the molecule is CCC(C#N)N1CCN(C(=O)C2C3C4CCC(C4)C23)CC1. The Labute approximate surface area is 127 Å². The van der Waals surface area contributed by atoms with Gasteiger partial charge in [-0.3, -0.25) is 9.69 Å². The summed E-state index contributed by atoms with van der Waals surface area (Å²) >= 11 is 0. The molecule has 3 aliphatic carbocycles. The molecule has 1 aliphatic heterocycles. The standard InChI is InChI=1S/C17H25N3O/c1-2-13(10-18)19-5-7-20(8-6-19)17(21)16-14-11-3-4-12(9-11)15(14)16/h11-16H,2-9H2,1H3. The monoisotopic (exact) mass is 287 g/mol. The second-order valence-corrected chi connectivity index (χ2v) is 7.43. The van der Waals surface area contributed by atoms with Crippen molar-refractivity contribution in [3.63, 3.8) is 0 Å². The van der Waals surface area contributed by atoms with Gasteiger partial charge in [0.15, 0.2) is 0 Å². The van der Waals surface area contributed by atoms with Crippen LogP contribution in [0.15, 0.2) is 0 Å². The molecular formula is C17H25N3O. The number of fused-ring (bicyclic) bond motifs is 5. The molecule has 4 aliphatic rings. The Morgan fingerprint density at radius 1 is 1.19 bits per heavy atom. The molecule has 1 saturated heterocycles. The summed E-state index contributed by atoms with van der Waals surface area (Å²) in [4.78, 5) is 17.1. The summed E-state index contributed by atoms with van der Waals surface area (Å²) in [5.41, 5.74) is 0. The number of hydrogen-bond donors (Lipinski definition) is 0. The number of carbonyl (C=O) groups excluding carboxylic acids is 1. The van der Waals surface area contributed by atoms with Crippen LogP contribution in [0.25, 0.3) is 0 Å². The molecule has 21 heavy (non-hydrogen) atoms. The van der Waals surface area contributed by atoms with Crippen molar-refractivity contribution in [3.8, 4) is 6.07 Å². The molecule has 3 saturated carbocycles. The van der Waals surface area contributed by atoms with E-state index < -0.39 is 0 Å². The second kappa shape index (κ2) is 4.98. The topological polar surface area (TPSA) is 47.3 Å². The number of nitrogens with zero attached hydrogens (tertiary/aromatic N) is 3. The summed E-state index contributed by atoms with van der Waals surface area (Å²) in [5.74, 6) is 4.05. The highest BCUT2D eigenvalue weighted by Gasteiger charge is 2.67. The summed E-state index contributed by atoms with van der Waals surface area (Å²) in [6.45, 7) is 5.44. The largest absolute Gasteiger partial charge is 0.340 e. The van der Waals surface area contributed by atoms with E-state index in [1.54, 1.807) is 0 Å². The fourth-order valence-electron chi connectivity index (χ4n) is 5.55. The molecule has 5 unspecified atom stereocenters. The third kappa shape index (κ3) is 2.01. The number of nitriles is 1. The number of hydrogen-bond acceptors (Lipinski definition) is 3. The zero-order chi connectivity index (χ0) is 14.6. The maximum atomic E-state index is 12.8. The molecule has 2 bridgehead atoms. The predicted molar refractivity (Wildman–Crippen MR) is 79.1 cm³/mol. The molecule has 4 heteroatoms. The lowest BCUT2D eigenvalue weighted by Gasteiger charge is -2.37. The van der Waals surface area contributed by atoms with Gasteiger partial charge >= 0.3 is 0 Å². The highest BCUT2D eigenvalue weighted by atomic mass is 16.2. The Hall–Kier alpha value is -1.08. The van der Waals surface area contributed by atoms with Crippen molar-refractivity contribution in [2.75, 3.05) is 26.2 Å². The zero-order valence-corrected chi connectivity index (χ0v) is 12.9. The van der Waals surface area contributed by atoms with Crippen LogP contribution in [0.5, 0.6) is 0 Å². The smallest absolute Gasteiger partial charge is 0.226 e. The first-order valence-corrected chi connectivity index (χ1v) is 8.67. The van der Waals surface area contributed by atoms with E-state index in [2.05, 4.69) is 22.8 Å². The Balaban J connectivity index is 1.33. The van der Waals surface area contributed by atoms with Gasteiger partial charge in [0.05, 0.1) is 12.1 Å². The van der Waals surface area contributed by atoms with Crippen LogP contribution in [0.2, 0.25) is 0 Å². The molecule has 4 fully saturated rings. The van der Waals surface area contributed by atoms with Crippen LogP contribution in [-0.4, -0.2) is 47.9 Å². The summed E-state index contributed by atoms with van der Waals surface area (Å²) < 4.78 is 0. The summed E-state index contributed by atoms with van der Waals surface area (Å²) in [6.07, 6.45) is 5.04. The van der Waals surface area contributed by atoms with Crippen molar-refractivity contribution in [2.45, 2.75) is 38.6 Å². The van der Waals surface area contributed by atoms with Crippen molar-refractivity contribution < 1.29 is 4.79 Å². The van der Waals surface area contributed by atoms with Crippen molar-refractivity contribution >= 4 is 5.91 Å². The van der Waals surface area contributed by atoms with Gasteiger partial charge in [-0.25, -0.2) is 0 Å². The Kier molecular flexibility index (Phi) is 3.22. The van der Waals surface area contributed by atoms with E-state index in [0.717, 1.165) is 56.3 Å². The van der Waals surface area contributed by atoms with E-state index in [1.807, 2.05) is 0 Å². The van der Waals surface area contributed by atoms with Crippen LogP contribution in [0.1, 0.15) is 32.6 Å². The van der Waals surface area contributed by atoms with E-state index in [1.165, 1.54) is 19.3 Å². The maximum Gasteiger partial charge on any atom is 0.226 e. The van der Waals surface area contributed by atoms with Crippen LogP contribution >= 0.6 is 0 Å². The first-order chi connectivity index (χ1) is 10.2. The maximum absolute atomic E-state index is 12.8. The molecule has 1 heterocycles. The predicted octanol–water partition coefficient (Wildman–Crippen LogP) is 1.72. The van der Waals surface area contributed by atoms with Gasteiger partial charge in [-0.1, -0.05) is 6.92 Å². The quantitative estimate of drug-likeness (QED) is 0.794. The first-order valence-electron chi connectivity index (χ1n) is 8.67. The van der Waals surface area contributed by atoms with Gasteiger partial charge in [-0.05, 0) is 49.4 Å². The number of piperazine rings is 1. The molecule has 0 radical (unpaired) electrons. The van der Waals surface area contributed by atoms with Gasteiger partial charge in [0.25, 0.3) is 0 Å². The van der Waals surface area contributed by atoms with Crippen molar-refractivity contribution in [2.24, 2.45) is 29.6 Å². The van der Waals surface area contributed by atoms with Crippen LogP contribution in [0.3, 0.4) is 0 Å². The molecule has 4 nitrogen and oxygen atoms in total. The van der Waals surface area contributed by atoms with Crippen molar-refractivity contribution in [1.29, 1.82) is 5.26 Å². The van der Waals surface area contributed by atoms with Crippen LogP contribution in [0, 0.1) is 40.9 Å². The normalized spacial score (nSPS) is 42.5. The Bertz CT molecular complexity index is 461. The minimum absolute atomic E-state index is 0.0263. The average Bonchev–Trinajstić information content (AvgIpc) is 2.95. The highest BCUT2D eigenvalue weighted by molar-refractivity contribution is 5.83. The lowest BCUT2D eigenvalue weighted by Crippen LogP contribution is -2.52. The summed E-state index contributed by atoms with van der Waals surface area (Å²) in [7, 11) is 0. The molecule has 114 valence electrons. The molecule has 0 aromatic rings. The molecule has 5 atom stereocenters. The second-order valence-electron chi connectivity index (χ2n) is 7.43. The first kappa shape index (κ1) is 13.6. The fraction of sp³-hybridized carbons (Fsp3) is 0.882. The van der Waals surface area contributed by atoms with Crippen molar-refractivity contribution in [3.05, 3.63) is 0 Å². The Morgan fingerprint density at radius 3 is 2.33 bits per heavy atom. The summed E-state index contributed by atoms with van der Waals surface area (Å²) in [6, 6.07) is 2.40. The number of amides is 1. The molecule has 0 aromatic heterocycles. The van der Waals surface area contributed by atoms with Crippen molar-refractivity contribution in [1.82, 2.24) is 9.80 Å². The van der Waals surface area contributed by atoms with Crippen LogP contribution in [0.4, 0.5) is 0 Å². The summed E-state index contributed by atoms with van der Waals surface area (Å²) in [5, 5.41) is 9.15. The van der Waals surface area contributed by atoms with Gasteiger partial charge in [-0.15, -0.1) is 0 Å².